The van der Waals surface area contributed by atoms with E-state index in [1.54, 1.807) is 0 Å². The van der Waals surface area contributed by atoms with E-state index in [4.69, 9.17) is 10.5 Å². The average molecular weight is 199 g/mol. The lowest BCUT2D eigenvalue weighted by molar-refractivity contribution is -0.0531. The van der Waals surface area contributed by atoms with Gasteiger partial charge < -0.3 is 10.5 Å². The van der Waals surface area contributed by atoms with Gasteiger partial charge in [0, 0.05) is 12.6 Å². The number of hydrogen-bond donors (Lipinski definition) is 1. The van der Waals surface area contributed by atoms with Crippen molar-refractivity contribution in [1.29, 1.82) is 0 Å². The van der Waals surface area contributed by atoms with E-state index >= 15 is 0 Å². The molecule has 0 amide bonds. The second kappa shape index (κ2) is 5.13. The Hall–Kier alpha value is -0.0800. The third-order valence-electron chi connectivity index (χ3n) is 3.77. The monoisotopic (exact) mass is 199 g/mol. The van der Waals surface area contributed by atoms with Crippen LogP contribution in [0.1, 0.15) is 52.9 Å². The quantitative estimate of drug-likeness (QED) is 0.714. The molecule has 1 saturated carbocycles. The minimum Gasteiger partial charge on any atom is -0.374 e. The lowest BCUT2D eigenvalue weighted by Crippen LogP contribution is -2.48. The van der Waals surface area contributed by atoms with Gasteiger partial charge in [-0.1, -0.05) is 26.2 Å². The second-order valence-electron chi connectivity index (χ2n) is 4.74. The summed E-state index contributed by atoms with van der Waals surface area (Å²) in [5.74, 6) is 0.872. The second-order valence-corrected chi connectivity index (χ2v) is 4.74. The van der Waals surface area contributed by atoms with Gasteiger partial charge in [0.1, 0.15) is 0 Å². The first-order chi connectivity index (χ1) is 6.62. The Morgan fingerprint density at radius 1 is 1.43 bits per heavy atom. The molecule has 2 nitrogen and oxygen atoms in total. The van der Waals surface area contributed by atoms with E-state index < -0.39 is 0 Å². The zero-order valence-electron chi connectivity index (χ0n) is 9.88. The third-order valence-corrected chi connectivity index (χ3v) is 3.77. The van der Waals surface area contributed by atoms with E-state index in [1.807, 2.05) is 6.92 Å². The first-order valence-electron chi connectivity index (χ1n) is 6.02. The molecule has 2 heteroatoms. The third kappa shape index (κ3) is 2.71. The average Bonchev–Trinajstić information content (AvgIpc) is 2.11. The highest BCUT2D eigenvalue weighted by Crippen LogP contribution is 2.33. The van der Waals surface area contributed by atoms with Gasteiger partial charge in [-0.15, -0.1) is 0 Å². The molecular weight excluding hydrogens is 174 g/mol. The summed E-state index contributed by atoms with van der Waals surface area (Å²) in [6.07, 6.45) is 6.30. The first kappa shape index (κ1) is 12.0. The van der Waals surface area contributed by atoms with Crippen LogP contribution in [0.2, 0.25) is 0 Å². The van der Waals surface area contributed by atoms with Gasteiger partial charge in [-0.3, -0.25) is 0 Å². The van der Waals surface area contributed by atoms with Crippen molar-refractivity contribution in [3.05, 3.63) is 0 Å². The topological polar surface area (TPSA) is 35.2 Å². The van der Waals surface area contributed by atoms with E-state index in [2.05, 4.69) is 13.8 Å². The van der Waals surface area contributed by atoms with E-state index in [0.717, 1.165) is 25.4 Å². The van der Waals surface area contributed by atoms with Crippen molar-refractivity contribution in [2.24, 2.45) is 11.7 Å². The standard InChI is InChI=1S/C12H25NO/c1-4-12(3,14-5-2)11(13)9-10-7-6-8-10/h10-11H,4-9,13H2,1-3H3. The smallest absolute Gasteiger partial charge is 0.0801 e. The fraction of sp³-hybridized carbons (Fsp3) is 1.00. The molecule has 0 spiro atoms. The Labute approximate surface area is 88.2 Å². The van der Waals surface area contributed by atoms with Crippen LogP contribution in [0.15, 0.2) is 0 Å². The molecule has 2 N–H and O–H groups in total. The molecule has 14 heavy (non-hydrogen) atoms. The maximum absolute atomic E-state index is 6.23. The summed E-state index contributed by atoms with van der Waals surface area (Å²) >= 11 is 0. The highest BCUT2D eigenvalue weighted by molar-refractivity contribution is 4.89. The number of hydrogen-bond acceptors (Lipinski definition) is 2. The molecule has 1 rings (SSSR count). The first-order valence-corrected chi connectivity index (χ1v) is 6.02. The van der Waals surface area contributed by atoms with Crippen LogP contribution >= 0.6 is 0 Å². The summed E-state index contributed by atoms with van der Waals surface area (Å²) in [7, 11) is 0. The molecule has 84 valence electrons. The fourth-order valence-corrected chi connectivity index (χ4v) is 2.14. The molecule has 1 aliphatic rings. The lowest BCUT2D eigenvalue weighted by atomic mass is 9.77. The highest BCUT2D eigenvalue weighted by Gasteiger charge is 2.33. The maximum atomic E-state index is 6.23. The van der Waals surface area contributed by atoms with Gasteiger partial charge in [-0.2, -0.15) is 0 Å². The summed E-state index contributed by atoms with van der Waals surface area (Å²) in [5.41, 5.74) is 6.13. The van der Waals surface area contributed by atoms with Crippen LogP contribution in [-0.2, 0) is 4.74 Å². The molecule has 0 heterocycles. The van der Waals surface area contributed by atoms with Crippen LogP contribution in [-0.4, -0.2) is 18.2 Å². The van der Waals surface area contributed by atoms with Gasteiger partial charge >= 0.3 is 0 Å². The van der Waals surface area contributed by atoms with E-state index in [0.29, 0.717) is 0 Å². The molecule has 2 unspecified atom stereocenters. The van der Waals surface area contributed by atoms with Crippen LogP contribution < -0.4 is 5.73 Å². The highest BCUT2D eigenvalue weighted by atomic mass is 16.5. The van der Waals surface area contributed by atoms with Gasteiger partial charge in [0.15, 0.2) is 0 Å². The van der Waals surface area contributed by atoms with Gasteiger partial charge in [0.2, 0.25) is 0 Å². The van der Waals surface area contributed by atoms with Gasteiger partial charge in [-0.25, -0.2) is 0 Å². The minimum atomic E-state index is -0.107. The zero-order chi connectivity index (χ0) is 10.6. The maximum Gasteiger partial charge on any atom is 0.0801 e. The van der Waals surface area contributed by atoms with Gasteiger partial charge in [0.25, 0.3) is 0 Å². The predicted molar refractivity (Wildman–Crippen MR) is 60.3 cm³/mol. The van der Waals surface area contributed by atoms with Crippen molar-refractivity contribution >= 4 is 0 Å². The van der Waals surface area contributed by atoms with Crippen molar-refractivity contribution in [2.75, 3.05) is 6.61 Å². The molecule has 1 aliphatic carbocycles. The molecule has 2 atom stereocenters. The van der Waals surface area contributed by atoms with Crippen molar-refractivity contribution in [1.82, 2.24) is 0 Å². The van der Waals surface area contributed by atoms with E-state index in [-0.39, 0.29) is 11.6 Å². The van der Waals surface area contributed by atoms with Crippen LogP contribution in [0.3, 0.4) is 0 Å². The Morgan fingerprint density at radius 2 is 2.07 bits per heavy atom. The van der Waals surface area contributed by atoms with Gasteiger partial charge in [-0.05, 0) is 32.6 Å². The predicted octanol–water partition coefficient (Wildman–Crippen LogP) is 2.71. The summed E-state index contributed by atoms with van der Waals surface area (Å²) < 4.78 is 5.78. The van der Waals surface area contributed by atoms with Crippen LogP contribution in [0.4, 0.5) is 0 Å². The molecule has 0 radical (unpaired) electrons. The SMILES string of the molecule is CCOC(C)(CC)C(N)CC1CCC1. The van der Waals surface area contributed by atoms with Crippen molar-refractivity contribution < 1.29 is 4.74 Å². The molecule has 0 aliphatic heterocycles. The number of nitrogens with two attached hydrogens (primary N) is 1. The van der Waals surface area contributed by atoms with Crippen molar-refractivity contribution in [3.8, 4) is 0 Å². The summed E-state index contributed by atoms with van der Waals surface area (Å²) in [6, 6.07) is 0.206. The molecule has 0 aromatic rings. The van der Waals surface area contributed by atoms with Crippen LogP contribution in [0.25, 0.3) is 0 Å². The Kier molecular flexibility index (Phi) is 4.39. The fourth-order valence-electron chi connectivity index (χ4n) is 2.14. The number of rotatable bonds is 6. The molecule has 0 saturated heterocycles. The van der Waals surface area contributed by atoms with E-state index in [1.165, 1.54) is 19.3 Å². The Morgan fingerprint density at radius 3 is 2.43 bits per heavy atom. The largest absolute Gasteiger partial charge is 0.374 e. The lowest BCUT2D eigenvalue weighted by Gasteiger charge is -2.38. The summed E-state index contributed by atoms with van der Waals surface area (Å²) in [4.78, 5) is 0. The van der Waals surface area contributed by atoms with Crippen LogP contribution in [0.5, 0.6) is 0 Å². The summed E-state index contributed by atoms with van der Waals surface area (Å²) in [5, 5.41) is 0. The molecule has 0 aromatic carbocycles. The Balaban J connectivity index is 2.40. The Bertz CT molecular complexity index is 168. The summed E-state index contributed by atoms with van der Waals surface area (Å²) in [6.45, 7) is 7.13. The molecule has 0 aromatic heterocycles. The molecular formula is C12H25NO. The minimum absolute atomic E-state index is 0.107. The number of ether oxygens (including phenoxy) is 1. The zero-order valence-corrected chi connectivity index (χ0v) is 9.88. The van der Waals surface area contributed by atoms with Crippen LogP contribution in [0, 0.1) is 5.92 Å². The molecule has 1 fully saturated rings. The van der Waals surface area contributed by atoms with Gasteiger partial charge in [0.05, 0.1) is 5.60 Å². The van der Waals surface area contributed by atoms with E-state index in [9.17, 15) is 0 Å². The van der Waals surface area contributed by atoms with Crippen molar-refractivity contribution in [3.63, 3.8) is 0 Å². The van der Waals surface area contributed by atoms with Crippen molar-refractivity contribution in [2.45, 2.75) is 64.5 Å². The normalized spacial score (nSPS) is 24.0. The molecule has 0 bridgehead atoms.